The molecule has 0 bridgehead atoms. The Labute approximate surface area is 168 Å². The molecule has 4 aromatic rings. The van der Waals surface area contributed by atoms with Gasteiger partial charge in [0.1, 0.15) is 0 Å². The fourth-order valence-corrected chi connectivity index (χ4v) is 4.07. The van der Waals surface area contributed by atoms with Gasteiger partial charge in [0, 0.05) is 32.4 Å². The molecule has 146 valence electrons. The zero-order valence-corrected chi connectivity index (χ0v) is 16.4. The predicted octanol–water partition coefficient (Wildman–Crippen LogP) is 3.28. The van der Waals surface area contributed by atoms with E-state index in [1.807, 2.05) is 18.2 Å². The van der Waals surface area contributed by atoms with Crippen molar-refractivity contribution >= 4 is 27.8 Å². The van der Waals surface area contributed by atoms with E-state index in [9.17, 15) is 4.79 Å². The van der Waals surface area contributed by atoms with Gasteiger partial charge in [-0.25, -0.2) is 4.98 Å². The maximum Gasteiger partial charge on any atom is 0.262 e. The smallest absolute Gasteiger partial charge is 0.262 e. The fraction of sp³-hybridized carbons (Fsp3) is 0.261. The molecule has 1 N–H and O–H groups in total. The summed E-state index contributed by atoms with van der Waals surface area (Å²) in [5.41, 5.74) is 2.20. The van der Waals surface area contributed by atoms with Crippen LogP contribution in [0.4, 0.5) is 5.95 Å². The van der Waals surface area contributed by atoms with Crippen molar-refractivity contribution in [2.24, 2.45) is 0 Å². The first-order valence-electron chi connectivity index (χ1n) is 10.1. The number of fused-ring (bicyclic) bond motifs is 2. The highest BCUT2D eigenvalue weighted by atomic mass is 16.1. The molecule has 1 saturated heterocycles. The Bertz CT molecular complexity index is 1240. The van der Waals surface area contributed by atoms with E-state index in [0.717, 1.165) is 49.2 Å². The molecule has 0 radical (unpaired) electrons. The molecule has 5 rings (SSSR count). The number of aromatic nitrogens is 3. The maximum atomic E-state index is 13.0. The van der Waals surface area contributed by atoms with Gasteiger partial charge in [0.15, 0.2) is 5.65 Å². The van der Waals surface area contributed by atoms with Crippen LogP contribution in [0.15, 0.2) is 59.5 Å². The largest absolute Gasteiger partial charge is 0.340 e. The summed E-state index contributed by atoms with van der Waals surface area (Å²) in [6, 6.07) is 16.4. The molecule has 0 amide bonds. The zero-order chi connectivity index (χ0) is 19.8. The lowest BCUT2D eigenvalue weighted by Crippen LogP contribution is -2.47. The van der Waals surface area contributed by atoms with E-state index >= 15 is 0 Å². The molecule has 0 saturated carbocycles. The summed E-state index contributed by atoms with van der Waals surface area (Å²) < 4.78 is 0. The Balaban J connectivity index is 1.58. The lowest BCUT2D eigenvalue weighted by atomic mass is 10.00. The van der Waals surface area contributed by atoms with Crippen molar-refractivity contribution in [3.63, 3.8) is 0 Å². The number of pyridine rings is 1. The van der Waals surface area contributed by atoms with E-state index in [-0.39, 0.29) is 5.56 Å². The Kier molecular flexibility index (Phi) is 4.48. The molecule has 6 heteroatoms. The van der Waals surface area contributed by atoms with Crippen LogP contribution < -0.4 is 10.5 Å². The molecule has 1 aliphatic heterocycles. The summed E-state index contributed by atoms with van der Waals surface area (Å²) in [7, 11) is 0. The van der Waals surface area contributed by atoms with Gasteiger partial charge >= 0.3 is 0 Å². The van der Waals surface area contributed by atoms with E-state index < -0.39 is 0 Å². The van der Waals surface area contributed by atoms with Gasteiger partial charge in [0.2, 0.25) is 5.95 Å². The Morgan fingerprint density at radius 2 is 1.79 bits per heavy atom. The van der Waals surface area contributed by atoms with Crippen LogP contribution in [0.5, 0.6) is 0 Å². The third-order valence-corrected chi connectivity index (χ3v) is 5.77. The Morgan fingerprint density at radius 1 is 1.00 bits per heavy atom. The number of H-pyrrole nitrogens is 1. The van der Waals surface area contributed by atoms with Crippen molar-refractivity contribution in [3.8, 4) is 11.1 Å². The number of hydrogen-bond acceptors (Lipinski definition) is 5. The van der Waals surface area contributed by atoms with Crippen molar-refractivity contribution in [2.75, 3.05) is 37.6 Å². The van der Waals surface area contributed by atoms with Crippen molar-refractivity contribution in [1.82, 2.24) is 19.9 Å². The molecule has 3 heterocycles. The monoisotopic (exact) mass is 385 g/mol. The minimum absolute atomic E-state index is 0.140. The Hall–Kier alpha value is -3.25. The first-order chi connectivity index (χ1) is 14.2. The molecule has 2 aromatic carbocycles. The highest BCUT2D eigenvalue weighted by Gasteiger charge is 2.19. The second-order valence-electron chi connectivity index (χ2n) is 7.43. The summed E-state index contributed by atoms with van der Waals surface area (Å²) >= 11 is 0. The van der Waals surface area contributed by atoms with Crippen LogP contribution in [-0.4, -0.2) is 52.6 Å². The minimum atomic E-state index is -0.140. The van der Waals surface area contributed by atoms with Gasteiger partial charge in [-0.05, 0) is 40.6 Å². The molecule has 6 nitrogen and oxygen atoms in total. The van der Waals surface area contributed by atoms with Gasteiger partial charge < -0.3 is 9.80 Å². The summed E-state index contributed by atoms with van der Waals surface area (Å²) in [5, 5.41) is 2.86. The Morgan fingerprint density at radius 3 is 2.59 bits per heavy atom. The topological polar surface area (TPSA) is 65.1 Å². The normalized spacial score (nSPS) is 15.3. The molecule has 0 aliphatic carbocycles. The SMILES string of the molecule is CCN1CCN(c2nc3nccc(-c4ccc5ccccc5c4)c3c(=O)[nH]2)CC1. The van der Waals surface area contributed by atoms with Crippen LogP contribution >= 0.6 is 0 Å². The summed E-state index contributed by atoms with van der Waals surface area (Å²) in [6.07, 6.45) is 1.73. The van der Waals surface area contributed by atoms with E-state index in [1.165, 1.54) is 5.39 Å². The van der Waals surface area contributed by atoms with Gasteiger partial charge in [-0.1, -0.05) is 43.3 Å². The average molecular weight is 385 g/mol. The number of benzene rings is 2. The molecule has 0 spiro atoms. The first kappa shape index (κ1) is 17.8. The summed E-state index contributed by atoms with van der Waals surface area (Å²) in [6.45, 7) is 6.88. The van der Waals surface area contributed by atoms with E-state index in [4.69, 9.17) is 4.98 Å². The maximum absolute atomic E-state index is 13.0. The lowest BCUT2D eigenvalue weighted by Gasteiger charge is -2.34. The first-order valence-corrected chi connectivity index (χ1v) is 10.1. The van der Waals surface area contributed by atoms with E-state index in [1.54, 1.807) is 6.20 Å². The van der Waals surface area contributed by atoms with Gasteiger partial charge in [0.05, 0.1) is 5.39 Å². The molecule has 2 aromatic heterocycles. The van der Waals surface area contributed by atoms with Crippen LogP contribution in [0, 0.1) is 0 Å². The van der Waals surface area contributed by atoms with E-state index in [0.29, 0.717) is 17.0 Å². The number of anilines is 1. The van der Waals surface area contributed by atoms with Crippen LogP contribution in [0.1, 0.15) is 6.92 Å². The molecule has 1 aliphatic rings. The third-order valence-electron chi connectivity index (χ3n) is 5.77. The van der Waals surface area contributed by atoms with Crippen molar-refractivity contribution in [1.29, 1.82) is 0 Å². The number of likely N-dealkylation sites (N-methyl/N-ethyl adjacent to an activating group) is 1. The third kappa shape index (κ3) is 3.25. The van der Waals surface area contributed by atoms with E-state index in [2.05, 4.69) is 57.0 Å². The van der Waals surface area contributed by atoms with Gasteiger partial charge in [0.25, 0.3) is 5.56 Å². The molecular weight excluding hydrogens is 362 g/mol. The van der Waals surface area contributed by atoms with Gasteiger partial charge in [-0.2, -0.15) is 4.98 Å². The second-order valence-corrected chi connectivity index (χ2v) is 7.43. The quantitative estimate of drug-likeness (QED) is 0.586. The number of nitrogens with zero attached hydrogens (tertiary/aromatic N) is 4. The summed E-state index contributed by atoms with van der Waals surface area (Å²) in [4.78, 5) is 29.7. The van der Waals surface area contributed by atoms with Crippen molar-refractivity contribution in [2.45, 2.75) is 6.92 Å². The summed E-state index contributed by atoms with van der Waals surface area (Å²) in [5.74, 6) is 0.612. The number of aromatic amines is 1. The van der Waals surface area contributed by atoms with Gasteiger partial charge in [-0.3, -0.25) is 9.78 Å². The van der Waals surface area contributed by atoms with Crippen molar-refractivity contribution in [3.05, 3.63) is 65.1 Å². The predicted molar refractivity (Wildman–Crippen MR) is 117 cm³/mol. The van der Waals surface area contributed by atoms with Gasteiger partial charge in [-0.15, -0.1) is 0 Å². The van der Waals surface area contributed by atoms with Crippen LogP contribution in [0.3, 0.4) is 0 Å². The standard InChI is InChI=1S/C23H23N5O/c1-2-27-11-13-28(14-12-27)23-25-21-20(22(29)26-23)19(9-10-24-21)18-8-7-16-5-3-4-6-17(16)15-18/h3-10,15H,2,11-14H2,1H3,(H,24,25,26,29). The zero-order valence-electron chi connectivity index (χ0n) is 16.4. The molecule has 1 fully saturated rings. The molecular formula is C23H23N5O. The second kappa shape index (κ2) is 7.29. The minimum Gasteiger partial charge on any atom is -0.340 e. The molecule has 29 heavy (non-hydrogen) atoms. The number of rotatable bonds is 3. The highest BCUT2D eigenvalue weighted by molar-refractivity contribution is 5.95. The molecule has 0 unspecified atom stereocenters. The number of hydrogen-bond donors (Lipinski definition) is 1. The van der Waals surface area contributed by atoms with Crippen LogP contribution in [0.2, 0.25) is 0 Å². The van der Waals surface area contributed by atoms with Crippen LogP contribution in [-0.2, 0) is 0 Å². The molecule has 0 atom stereocenters. The number of nitrogens with one attached hydrogen (secondary N) is 1. The van der Waals surface area contributed by atoms with Crippen LogP contribution in [0.25, 0.3) is 32.9 Å². The average Bonchev–Trinajstić information content (AvgIpc) is 2.78. The number of piperazine rings is 1. The lowest BCUT2D eigenvalue weighted by molar-refractivity contribution is 0.270. The highest BCUT2D eigenvalue weighted by Crippen LogP contribution is 2.28. The van der Waals surface area contributed by atoms with Crippen molar-refractivity contribution < 1.29 is 0 Å². The fourth-order valence-electron chi connectivity index (χ4n) is 4.07.